The Bertz CT molecular complexity index is 1040. The van der Waals surface area contributed by atoms with E-state index in [2.05, 4.69) is 0 Å². The smallest absolute Gasteiger partial charge is 0.339 e. The maximum Gasteiger partial charge on any atom is 0.339 e. The minimum absolute atomic E-state index is 0.00856. The Morgan fingerprint density at radius 3 is 2.39 bits per heavy atom. The Morgan fingerprint density at radius 2 is 1.82 bits per heavy atom. The Kier molecular flexibility index (Phi) is 8.20. The van der Waals surface area contributed by atoms with Gasteiger partial charge in [0.15, 0.2) is 11.5 Å². The summed E-state index contributed by atoms with van der Waals surface area (Å²) in [5, 5.41) is 0. The van der Waals surface area contributed by atoms with Crippen LogP contribution in [0.2, 0.25) is 0 Å². The summed E-state index contributed by atoms with van der Waals surface area (Å²) in [6.45, 7) is 5.21. The molecule has 2 aromatic carbocycles. The average Bonchev–Trinajstić information content (AvgIpc) is 3.31. The molecular formula is C24H31NO7S. The predicted molar refractivity (Wildman–Crippen MR) is 123 cm³/mol. The van der Waals surface area contributed by atoms with E-state index in [1.54, 1.807) is 35.2 Å². The van der Waals surface area contributed by atoms with Gasteiger partial charge in [-0.05, 0) is 54.8 Å². The van der Waals surface area contributed by atoms with E-state index in [0.29, 0.717) is 25.4 Å². The lowest BCUT2D eigenvalue weighted by molar-refractivity contribution is -0.136. The van der Waals surface area contributed by atoms with Gasteiger partial charge in [0.2, 0.25) is 5.91 Å². The summed E-state index contributed by atoms with van der Waals surface area (Å²) in [7, 11) is -1.16. The number of carbonyl (C=O) groups is 1. The third-order valence-corrected chi connectivity index (χ3v) is 6.65. The molecule has 0 radical (unpaired) electrons. The molecule has 1 saturated heterocycles. The lowest BCUT2D eigenvalue weighted by Crippen LogP contribution is -2.39. The fourth-order valence-corrected chi connectivity index (χ4v) is 4.58. The van der Waals surface area contributed by atoms with Gasteiger partial charge in [-0.3, -0.25) is 4.79 Å². The summed E-state index contributed by atoms with van der Waals surface area (Å²) in [5.74, 6) is 0.705. The number of hydrogen-bond donors (Lipinski definition) is 0. The molecule has 0 bridgehead atoms. The minimum Gasteiger partial charge on any atom is -0.497 e. The standard InChI is InChI=1S/C24H31NO7S/c1-17(2)24(26)25(16-20-6-5-13-31-20)15-18-7-12-22(30-4)23(14-18)32-33(27,28)21-10-8-19(29-3)9-11-21/h7-12,14,17,20H,5-6,13,15-16H2,1-4H3/t20-/m0/s1. The van der Waals surface area contributed by atoms with Crippen LogP contribution in [-0.2, 0) is 26.2 Å². The summed E-state index contributed by atoms with van der Waals surface area (Å²) < 4.78 is 47.2. The van der Waals surface area contributed by atoms with Crippen LogP contribution in [0.4, 0.5) is 0 Å². The van der Waals surface area contributed by atoms with E-state index in [9.17, 15) is 13.2 Å². The molecule has 9 heteroatoms. The van der Waals surface area contributed by atoms with Crippen LogP contribution in [-0.4, -0.2) is 52.7 Å². The van der Waals surface area contributed by atoms with E-state index in [0.717, 1.165) is 18.4 Å². The molecule has 1 atom stereocenters. The van der Waals surface area contributed by atoms with Gasteiger partial charge >= 0.3 is 10.1 Å². The highest BCUT2D eigenvalue weighted by Crippen LogP contribution is 2.32. The second-order valence-electron chi connectivity index (χ2n) is 8.21. The first-order valence-electron chi connectivity index (χ1n) is 10.9. The largest absolute Gasteiger partial charge is 0.497 e. The SMILES string of the molecule is COc1ccc(S(=O)(=O)Oc2cc(CN(C[C@@H]3CCCO3)C(=O)C(C)C)ccc2OC)cc1. The van der Waals surface area contributed by atoms with Crippen LogP contribution in [0.3, 0.4) is 0 Å². The van der Waals surface area contributed by atoms with Crippen molar-refractivity contribution in [3.8, 4) is 17.2 Å². The highest BCUT2D eigenvalue weighted by atomic mass is 32.2. The number of carbonyl (C=O) groups excluding carboxylic acids is 1. The van der Waals surface area contributed by atoms with E-state index in [1.807, 2.05) is 13.8 Å². The fourth-order valence-electron chi connectivity index (χ4n) is 3.65. The van der Waals surface area contributed by atoms with Crippen molar-refractivity contribution in [1.29, 1.82) is 0 Å². The van der Waals surface area contributed by atoms with Crippen molar-refractivity contribution < 1.29 is 31.6 Å². The number of rotatable bonds is 10. The monoisotopic (exact) mass is 477 g/mol. The summed E-state index contributed by atoms with van der Waals surface area (Å²) in [4.78, 5) is 14.6. The molecule has 0 N–H and O–H groups in total. The number of hydrogen-bond acceptors (Lipinski definition) is 7. The number of ether oxygens (including phenoxy) is 3. The van der Waals surface area contributed by atoms with Crippen LogP contribution in [0.15, 0.2) is 47.4 Å². The molecule has 2 aromatic rings. The zero-order valence-electron chi connectivity index (χ0n) is 19.4. The summed E-state index contributed by atoms with van der Waals surface area (Å²) in [6, 6.07) is 10.9. The number of methoxy groups -OCH3 is 2. The number of nitrogens with zero attached hydrogens (tertiary/aromatic N) is 1. The van der Waals surface area contributed by atoms with Crippen molar-refractivity contribution in [2.24, 2.45) is 5.92 Å². The van der Waals surface area contributed by atoms with Gasteiger partial charge in [-0.15, -0.1) is 0 Å². The number of benzene rings is 2. The van der Waals surface area contributed by atoms with Gasteiger partial charge in [-0.2, -0.15) is 8.42 Å². The lowest BCUT2D eigenvalue weighted by atomic mass is 10.1. The molecule has 180 valence electrons. The fraction of sp³-hybridized carbons (Fsp3) is 0.458. The van der Waals surface area contributed by atoms with Crippen molar-refractivity contribution in [3.63, 3.8) is 0 Å². The van der Waals surface area contributed by atoms with Crippen molar-refractivity contribution in [2.75, 3.05) is 27.4 Å². The van der Waals surface area contributed by atoms with Gasteiger partial charge in [-0.1, -0.05) is 19.9 Å². The third-order valence-electron chi connectivity index (χ3n) is 5.40. The molecular weight excluding hydrogens is 446 g/mol. The van der Waals surface area contributed by atoms with Gasteiger partial charge in [0.05, 0.1) is 20.3 Å². The van der Waals surface area contributed by atoms with Crippen molar-refractivity contribution in [1.82, 2.24) is 4.90 Å². The first-order valence-corrected chi connectivity index (χ1v) is 12.3. The van der Waals surface area contributed by atoms with Gasteiger partial charge in [0.25, 0.3) is 0 Å². The van der Waals surface area contributed by atoms with E-state index in [1.165, 1.54) is 26.4 Å². The molecule has 0 spiro atoms. The summed E-state index contributed by atoms with van der Waals surface area (Å²) in [6.07, 6.45) is 1.91. The quantitative estimate of drug-likeness (QED) is 0.483. The molecule has 1 heterocycles. The van der Waals surface area contributed by atoms with Crippen molar-refractivity contribution >= 4 is 16.0 Å². The van der Waals surface area contributed by atoms with Crippen LogP contribution in [0, 0.1) is 5.92 Å². The second kappa shape index (κ2) is 10.9. The number of amides is 1. The highest BCUT2D eigenvalue weighted by molar-refractivity contribution is 7.87. The third kappa shape index (κ3) is 6.39. The maximum atomic E-state index is 12.8. The van der Waals surface area contributed by atoms with Crippen LogP contribution in [0.1, 0.15) is 32.3 Å². The summed E-state index contributed by atoms with van der Waals surface area (Å²) in [5.41, 5.74) is 0.725. The second-order valence-corrected chi connectivity index (χ2v) is 9.75. The molecule has 0 aromatic heterocycles. The Hall–Kier alpha value is -2.78. The molecule has 33 heavy (non-hydrogen) atoms. The molecule has 3 rings (SSSR count). The van der Waals surface area contributed by atoms with Crippen LogP contribution in [0.25, 0.3) is 0 Å². The Labute approximate surface area is 195 Å². The normalized spacial score (nSPS) is 16.0. The van der Waals surface area contributed by atoms with Crippen molar-refractivity contribution in [2.45, 2.75) is 44.2 Å². The van der Waals surface area contributed by atoms with Gasteiger partial charge < -0.3 is 23.3 Å². The Morgan fingerprint density at radius 1 is 1.09 bits per heavy atom. The van der Waals surface area contributed by atoms with E-state index >= 15 is 0 Å². The van der Waals surface area contributed by atoms with E-state index < -0.39 is 10.1 Å². The molecule has 1 aliphatic rings. The van der Waals surface area contributed by atoms with E-state index in [-0.39, 0.29) is 34.3 Å². The molecule has 8 nitrogen and oxygen atoms in total. The molecule has 0 saturated carbocycles. The summed E-state index contributed by atoms with van der Waals surface area (Å²) >= 11 is 0. The topological polar surface area (TPSA) is 91.4 Å². The first kappa shape index (κ1) is 24.9. The zero-order valence-corrected chi connectivity index (χ0v) is 20.3. The average molecular weight is 478 g/mol. The molecule has 1 fully saturated rings. The van der Waals surface area contributed by atoms with Gasteiger partial charge in [-0.25, -0.2) is 0 Å². The Balaban J connectivity index is 1.84. The van der Waals surface area contributed by atoms with Crippen LogP contribution in [0.5, 0.6) is 17.2 Å². The zero-order chi connectivity index (χ0) is 24.0. The molecule has 0 unspecified atom stereocenters. The molecule has 0 aliphatic carbocycles. The van der Waals surface area contributed by atoms with Crippen molar-refractivity contribution in [3.05, 3.63) is 48.0 Å². The minimum atomic E-state index is -4.10. The first-order chi connectivity index (χ1) is 15.7. The predicted octanol–water partition coefficient (Wildman–Crippen LogP) is 3.64. The van der Waals surface area contributed by atoms with E-state index in [4.69, 9.17) is 18.4 Å². The maximum absolute atomic E-state index is 12.8. The highest BCUT2D eigenvalue weighted by Gasteiger charge is 2.25. The lowest BCUT2D eigenvalue weighted by Gasteiger charge is -2.27. The molecule has 1 amide bonds. The van der Waals surface area contributed by atoms with Crippen LogP contribution >= 0.6 is 0 Å². The molecule has 1 aliphatic heterocycles. The van der Waals surface area contributed by atoms with Crippen LogP contribution < -0.4 is 13.7 Å². The van der Waals surface area contributed by atoms with Gasteiger partial charge in [0.1, 0.15) is 10.6 Å². The van der Waals surface area contributed by atoms with Gasteiger partial charge in [0, 0.05) is 25.6 Å².